The van der Waals surface area contributed by atoms with E-state index in [0.29, 0.717) is 22.7 Å². The maximum atomic E-state index is 13.0. The minimum absolute atomic E-state index is 0.132. The molecular weight excluding hydrogens is 416 g/mol. The monoisotopic (exact) mass is 438 g/mol. The summed E-state index contributed by atoms with van der Waals surface area (Å²) < 4.78 is 11.3. The summed E-state index contributed by atoms with van der Waals surface area (Å²) in [5, 5.41) is 7.11. The molecule has 0 saturated carbocycles. The second kappa shape index (κ2) is 8.93. The van der Waals surface area contributed by atoms with Crippen LogP contribution in [-0.4, -0.2) is 18.0 Å². The number of para-hydroxylation sites is 1. The van der Waals surface area contributed by atoms with E-state index in [9.17, 15) is 4.79 Å². The van der Waals surface area contributed by atoms with Gasteiger partial charge in [0.2, 0.25) is 0 Å². The molecule has 0 spiro atoms. The van der Waals surface area contributed by atoms with Crippen molar-refractivity contribution >= 4 is 40.0 Å². The zero-order valence-electron chi connectivity index (χ0n) is 17.0. The number of nitrogens with zero attached hydrogens (tertiary/aromatic N) is 1. The van der Waals surface area contributed by atoms with Gasteiger partial charge in [0.25, 0.3) is 5.91 Å². The van der Waals surface area contributed by atoms with Crippen LogP contribution in [0.15, 0.2) is 63.2 Å². The van der Waals surface area contributed by atoms with Crippen LogP contribution in [0.25, 0.3) is 11.0 Å². The van der Waals surface area contributed by atoms with Crippen molar-refractivity contribution in [3.8, 4) is 5.75 Å². The molecule has 1 atom stereocenters. The Morgan fingerprint density at radius 1 is 1.27 bits per heavy atom. The van der Waals surface area contributed by atoms with E-state index >= 15 is 0 Å². The summed E-state index contributed by atoms with van der Waals surface area (Å²) in [4.78, 5) is 18.4. The average Bonchev–Trinajstić information content (AvgIpc) is 3.38. The Balaban J connectivity index is 1.49. The summed E-state index contributed by atoms with van der Waals surface area (Å²) in [5.74, 6) is 1.96. The zero-order valence-corrected chi connectivity index (χ0v) is 18.6. The molecule has 2 aromatic carbocycles. The summed E-state index contributed by atoms with van der Waals surface area (Å²) in [5.41, 5.74) is 2.36. The molecule has 1 amide bonds. The summed E-state index contributed by atoms with van der Waals surface area (Å²) in [7, 11) is 1.61. The number of hydrogen-bond donors (Lipinski definition) is 1. The van der Waals surface area contributed by atoms with Crippen LogP contribution < -0.4 is 10.1 Å². The van der Waals surface area contributed by atoms with Gasteiger partial charge < -0.3 is 14.5 Å². The Morgan fingerprint density at radius 3 is 2.87 bits per heavy atom. The third kappa shape index (κ3) is 4.37. The van der Waals surface area contributed by atoms with Gasteiger partial charge in [-0.3, -0.25) is 4.79 Å². The lowest BCUT2D eigenvalue weighted by Gasteiger charge is -2.13. The van der Waals surface area contributed by atoms with Crippen molar-refractivity contribution in [3.05, 3.63) is 75.9 Å². The number of aryl methyl sites for hydroxylation is 1. The van der Waals surface area contributed by atoms with E-state index in [-0.39, 0.29) is 11.9 Å². The number of carbonyl (C=O) groups excluding carboxylic acids is 1. The van der Waals surface area contributed by atoms with E-state index in [1.165, 1.54) is 0 Å². The van der Waals surface area contributed by atoms with Gasteiger partial charge in [-0.15, -0.1) is 23.1 Å². The predicted octanol–water partition coefficient (Wildman–Crippen LogP) is 5.99. The smallest absolute Gasteiger partial charge is 0.252 e. The van der Waals surface area contributed by atoms with Crippen LogP contribution in [0.1, 0.15) is 39.8 Å². The number of furan rings is 1. The molecule has 0 radical (unpaired) electrons. The Kier molecular flexibility index (Phi) is 6.11. The van der Waals surface area contributed by atoms with Gasteiger partial charge in [0.05, 0.1) is 29.4 Å². The predicted molar refractivity (Wildman–Crippen MR) is 122 cm³/mol. The van der Waals surface area contributed by atoms with Gasteiger partial charge in [-0.25, -0.2) is 4.98 Å². The third-order valence-electron chi connectivity index (χ3n) is 4.70. The van der Waals surface area contributed by atoms with Crippen molar-refractivity contribution in [2.45, 2.75) is 30.5 Å². The molecule has 0 fully saturated rings. The van der Waals surface area contributed by atoms with Crippen molar-refractivity contribution < 1.29 is 13.9 Å². The third-order valence-corrected chi connectivity index (χ3v) is 6.62. The number of thiazole rings is 1. The van der Waals surface area contributed by atoms with Gasteiger partial charge in [-0.1, -0.05) is 24.3 Å². The Labute approximate surface area is 183 Å². The fourth-order valence-electron chi connectivity index (χ4n) is 3.18. The molecule has 154 valence electrons. The molecule has 5 nitrogen and oxygen atoms in total. The van der Waals surface area contributed by atoms with Crippen molar-refractivity contribution in [1.29, 1.82) is 0 Å². The highest BCUT2D eigenvalue weighted by atomic mass is 32.2. The molecule has 1 unspecified atom stereocenters. The number of hydrogen-bond acceptors (Lipinski definition) is 6. The molecule has 0 aliphatic rings. The highest BCUT2D eigenvalue weighted by molar-refractivity contribution is 7.98. The molecule has 30 heavy (non-hydrogen) atoms. The Bertz CT molecular complexity index is 1180. The maximum Gasteiger partial charge on any atom is 0.252 e. The lowest BCUT2D eigenvalue weighted by molar-refractivity contribution is 0.0932. The summed E-state index contributed by atoms with van der Waals surface area (Å²) in [6.07, 6.45) is 0. The second-order valence-electron chi connectivity index (χ2n) is 6.87. The number of carbonyl (C=O) groups is 1. The van der Waals surface area contributed by atoms with Crippen LogP contribution in [0, 0.1) is 6.92 Å². The summed E-state index contributed by atoms with van der Waals surface area (Å²) in [6.45, 7) is 3.91. The molecule has 0 bridgehead atoms. The van der Waals surface area contributed by atoms with Crippen molar-refractivity contribution in [2.75, 3.05) is 7.11 Å². The van der Waals surface area contributed by atoms with E-state index in [1.807, 2.05) is 62.4 Å². The fraction of sp³-hybridized carbons (Fsp3) is 0.217. The first kappa shape index (κ1) is 20.5. The molecule has 2 aromatic heterocycles. The second-order valence-corrected chi connectivity index (χ2v) is 8.94. The zero-order chi connectivity index (χ0) is 21.1. The number of methoxy groups -OCH3 is 1. The molecule has 0 saturated heterocycles. The Morgan fingerprint density at radius 2 is 2.10 bits per heavy atom. The number of rotatable bonds is 7. The molecule has 1 N–H and O–H groups in total. The molecule has 2 heterocycles. The van der Waals surface area contributed by atoms with E-state index in [4.69, 9.17) is 9.15 Å². The number of benzene rings is 2. The van der Waals surface area contributed by atoms with Crippen molar-refractivity contribution in [2.24, 2.45) is 0 Å². The van der Waals surface area contributed by atoms with Gasteiger partial charge in [-0.2, -0.15) is 0 Å². The van der Waals surface area contributed by atoms with Crippen LogP contribution in [0.5, 0.6) is 5.75 Å². The lowest BCUT2D eigenvalue weighted by atomic mass is 10.1. The van der Waals surface area contributed by atoms with Crippen LogP contribution in [0.3, 0.4) is 0 Å². The van der Waals surface area contributed by atoms with Gasteiger partial charge in [-0.05, 0) is 38.1 Å². The van der Waals surface area contributed by atoms with Crippen LogP contribution in [0.2, 0.25) is 0 Å². The van der Waals surface area contributed by atoms with Gasteiger partial charge >= 0.3 is 0 Å². The number of thioether (sulfide) groups is 1. The molecule has 7 heteroatoms. The van der Waals surface area contributed by atoms with Gasteiger partial charge in [0.1, 0.15) is 5.76 Å². The lowest BCUT2D eigenvalue weighted by Crippen LogP contribution is -2.26. The van der Waals surface area contributed by atoms with Crippen LogP contribution in [0.4, 0.5) is 0 Å². The van der Waals surface area contributed by atoms with E-state index in [0.717, 1.165) is 26.7 Å². The van der Waals surface area contributed by atoms with Crippen molar-refractivity contribution in [1.82, 2.24) is 10.3 Å². The fourth-order valence-corrected chi connectivity index (χ4v) is 4.84. The van der Waals surface area contributed by atoms with E-state index in [2.05, 4.69) is 15.7 Å². The van der Waals surface area contributed by atoms with Crippen LogP contribution in [-0.2, 0) is 5.75 Å². The Hall–Kier alpha value is -2.77. The molecule has 0 aliphatic carbocycles. The number of amides is 1. The molecule has 4 rings (SSSR count). The average molecular weight is 439 g/mol. The van der Waals surface area contributed by atoms with E-state index < -0.39 is 0 Å². The number of fused-ring (bicyclic) bond motifs is 1. The van der Waals surface area contributed by atoms with E-state index in [1.54, 1.807) is 30.2 Å². The minimum atomic E-state index is -0.283. The SMILES string of the molecule is COc1cccc2cc(C(C)NC(=O)c3ccccc3SCc3csc(C)n3)oc12. The summed E-state index contributed by atoms with van der Waals surface area (Å²) in [6, 6.07) is 15.0. The highest BCUT2D eigenvalue weighted by Crippen LogP contribution is 2.31. The number of aromatic nitrogens is 1. The standard InChI is InChI=1S/C23H22N2O3S2/c1-14(20-11-16-7-6-9-19(27-3)22(16)28-20)24-23(26)18-8-4-5-10-21(18)30-13-17-12-29-15(2)25-17/h4-12,14H,13H2,1-3H3,(H,24,26). The van der Waals surface area contributed by atoms with Crippen LogP contribution >= 0.6 is 23.1 Å². The molecular formula is C23H22N2O3S2. The topological polar surface area (TPSA) is 64.4 Å². The quantitative estimate of drug-likeness (QED) is 0.359. The first-order chi connectivity index (χ1) is 14.5. The maximum absolute atomic E-state index is 13.0. The van der Waals surface area contributed by atoms with Gasteiger partial charge in [0, 0.05) is 21.4 Å². The first-order valence-electron chi connectivity index (χ1n) is 9.55. The minimum Gasteiger partial charge on any atom is -0.493 e. The summed E-state index contributed by atoms with van der Waals surface area (Å²) >= 11 is 3.25. The molecule has 4 aromatic rings. The van der Waals surface area contributed by atoms with Crippen molar-refractivity contribution in [3.63, 3.8) is 0 Å². The van der Waals surface area contributed by atoms with Gasteiger partial charge in [0.15, 0.2) is 11.3 Å². The normalized spacial score (nSPS) is 12.1. The first-order valence-corrected chi connectivity index (χ1v) is 11.4. The highest BCUT2D eigenvalue weighted by Gasteiger charge is 2.19. The largest absolute Gasteiger partial charge is 0.493 e. The number of nitrogens with one attached hydrogen (secondary N) is 1. The number of ether oxygens (including phenoxy) is 1. The molecule has 0 aliphatic heterocycles.